The van der Waals surface area contributed by atoms with E-state index in [4.69, 9.17) is 4.74 Å². The number of rotatable bonds is 3. The van der Waals surface area contributed by atoms with E-state index >= 15 is 0 Å². The molecular weight excluding hydrogens is 176 g/mol. The summed E-state index contributed by atoms with van der Waals surface area (Å²) in [6, 6.07) is 0. The van der Waals surface area contributed by atoms with Crippen LogP contribution in [0.1, 0.15) is 40.0 Å². The van der Waals surface area contributed by atoms with Crippen molar-refractivity contribution in [1.82, 2.24) is 0 Å². The van der Waals surface area contributed by atoms with Crippen LogP contribution in [0.4, 0.5) is 0 Å². The first-order valence-electron chi connectivity index (χ1n) is 5.50. The average molecular weight is 196 g/mol. The Kier molecular flexibility index (Phi) is 4.18. The Morgan fingerprint density at radius 3 is 2.71 bits per heavy atom. The molecule has 0 aliphatic heterocycles. The van der Waals surface area contributed by atoms with Crippen LogP contribution in [0.2, 0.25) is 0 Å². The molecule has 0 aromatic carbocycles. The summed E-state index contributed by atoms with van der Waals surface area (Å²) >= 11 is 0. The van der Waals surface area contributed by atoms with Crippen LogP contribution in [0, 0.1) is 11.8 Å². The maximum Gasteiger partial charge on any atom is 0.333 e. The molecule has 80 valence electrons. The SMILES string of the molecule is CCOC(=O)C(C)=CC1CCCC1C. The number of carbonyl (C=O) groups excluding carboxylic acids is 1. The molecule has 0 heterocycles. The van der Waals surface area contributed by atoms with Gasteiger partial charge in [0, 0.05) is 5.57 Å². The molecule has 1 aliphatic carbocycles. The number of hydrogen-bond acceptors (Lipinski definition) is 2. The molecule has 0 saturated heterocycles. The molecule has 2 unspecified atom stereocenters. The lowest BCUT2D eigenvalue weighted by Gasteiger charge is -2.11. The second kappa shape index (κ2) is 5.18. The maximum atomic E-state index is 11.3. The molecule has 1 saturated carbocycles. The molecule has 0 amide bonds. The Morgan fingerprint density at radius 2 is 2.21 bits per heavy atom. The smallest absolute Gasteiger partial charge is 0.333 e. The van der Waals surface area contributed by atoms with Crippen molar-refractivity contribution in [1.29, 1.82) is 0 Å². The van der Waals surface area contributed by atoms with Gasteiger partial charge >= 0.3 is 5.97 Å². The topological polar surface area (TPSA) is 26.3 Å². The third-order valence-electron chi connectivity index (χ3n) is 2.99. The zero-order chi connectivity index (χ0) is 10.6. The molecular formula is C12H20O2. The van der Waals surface area contributed by atoms with Gasteiger partial charge < -0.3 is 4.74 Å². The molecule has 1 aliphatic rings. The summed E-state index contributed by atoms with van der Waals surface area (Å²) in [6.07, 6.45) is 5.89. The first kappa shape index (κ1) is 11.3. The van der Waals surface area contributed by atoms with Crippen molar-refractivity contribution in [3.63, 3.8) is 0 Å². The van der Waals surface area contributed by atoms with E-state index in [9.17, 15) is 4.79 Å². The van der Waals surface area contributed by atoms with Crippen LogP contribution in [0.25, 0.3) is 0 Å². The average Bonchev–Trinajstić information content (AvgIpc) is 2.52. The molecule has 0 bridgehead atoms. The predicted molar refractivity (Wildman–Crippen MR) is 56.9 cm³/mol. The van der Waals surface area contributed by atoms with Crippen LogP contribution in [0.5, 0.6) is 0 Å². The van der Waals surface area contributed by atoms with Crippen molar-refractivity contribution >= 4 is 5.97 Å². The van der Waals surface area contributed by atoms with Gasteiger partial charge in [0.05, 0.1) is 6.61 Å². The lowest BCUT2D eigenvalue weighted by Crippen LogP contribution is -2.08. The van der Waals surface area contributed by atoms with E-state index in [0.29, 0.717) is 12.5 Å². The van der Waals surface area contributed by atoms with E-state index < -0.39 is 0 Å². The second-order valence-electron chi connectivity index (χ2n) is 4.14. The van der Waals surface area contributed by atoms with Crippen LogP contribution >= 0.6 is 0 Å². The lowest BCUT2D eigenvalue weighted by atomic mass is 9.96. The summed E-state index contributed by atoms with van der Waals surface area (Å²) in [6.45, 7) is 6.41. The van der Waals surface area contributed by atoms with Gasteiger partial charge in [-0.3, -0.25) is 0 Å². The highest BCUT2D eigenvalue weighted by molar-refractivity contribution is 5.87. The highest BCUT2D eigenvalue weighted by atomic mass is 16.5. The minimum absolute atomic E-state index is 0.161. The molecule has 14 heavy (non-hydrogen) atoms. The van der Waals surface area contributed by atoms with Crippen LogP contribution < -0.4 is 0 Å². The van der Waals surface area contributed by atoms with Gasteiger partial charge in [0.1, 0.15) is 0 Å². The van der Waals surface area contributed by atoms with Crippen LogP contribution in [0.3, 0.4) is 0 Å². The Hall–Kier alpha value is -0.790. The summed E-state index contributed by atoms with van der Waals surface area (Å²) < 4.78 is 4.94. The highest BCUT2D eigenvalue weighted by Gasteiger charge is 2.22. The normalized spacial score (nSPS) is 27.8. The molecule has 0 radical (unpaired) electrons. The van der Waals surface area contributed by atoms with Crippen molar-refractivity contribution < 1.29 is 9.53 Å². The summed E-state index contributed by atoms with van der Waals surface area (Å²) in [5.74, 6) is 1.14. The summed E-state index contributed by atoms with van der Waals surface area (Å²) in [7, 11) is 0. The fraction of sp³-hybridized carbons (Fsp3) is 0.750. The number of allylic oxidation sites excluding steroid dienone is 1. The molecule has 0 spiro atoms. The van der Waals surface area contributed by atoms with E-state index in [-0.39, 0.29) is 5.97 Å². The molecule has 1 fully saturated rings. The first-order valence-corrected chi connectivity index (χ1v) is 5.50. The van der Waals surface area contributed by atoms with Gasteiger partial charge in [0.25, 0.3) is 0 Å². The number of esters is 1. The Bertz CT molecular complexity index is 230. The predicted octanol–water partition coefficient (Wildman–Crippen LogP) is 2.93. The summed E-state index contributed by atoms with van der Waals surface area (Å²) in [5, 5.41) is 0. The fourth-order valence-electron chi connectivity index (χ4n) is 2.06. The quantitative estimate of drug-likeness (QED) is 0.512. The second-order valence-corrected chi connectivity index (χ2v) is 4.14. The van der Waals surface area contributed by atoms with E-state index in [0.717, 1.165) is 11.5 Å². The fourth-order valence-corrected chi connectivity index (χ4v) is 2.06. The minimum atomic E-state index is -0.161. The van der Waals surface area contributed by atoms with Crippen molar-refractivity contribution in [2.75, 3.05) is 6.61 Å². The molecule has 1 rings (SSSR count). The van der Waals surface area contributed by atoms with E-state index in [1.165, 1.54) is 19.3 Å². The molecule has 2 nitrogen and oxygen atoms in total. The van der Waals surface area contributed by atoms with E-state index in [1.807, 2.05) is 13.8 Å². The Labute approximate surface area is 86.3 Å². The standard InChI is InChI=1S/C12H20O2/c1-4-14-12(13)10(3)8-11-7-5-6-9(11)2/h8-9,11H,4-7H2,1-3H3. The third-order valence-corrected chi connectivity index (χ3v) is 2.99. The Balaban J connectivity index is 2.53. The van der Waals surface area contributed by atoms with Gasteiger partial charge in [-0.1, -0.05) is 25.8 Å². The summed E-state index contributed by atoms with van der Waals surface area (Å²) in [4.78, 5) is 11.3. The van der Waals surface area contributed by atoms with Gasteiger partial charge in [-0.25, -0.2) is 4.79 Å². The van der Waals surface area contributed by atoms with Crippen LogP contribution in [-0.2, 0) is 9.53 Å². The van der Waals surface area contributed by atoms with Crippen LogP contribution in [-0.4, -0.2) is 12.6 Å². The van der Waals surface area contributed by atoms with Crippen LogP contribution in [0.15, 0.2) is 11.6 Å². The van der Waals surface area contributed by atoms with E-state index in [1.54, 1.807) is 0 Å². The van der Waals surface area contributed by atoms with Gasteiger partial charge in [-0.2, -0.15) is 0 Å². The van der Waals surface area contributed by atoms with Crippen molar-refractivity contribution in [2.24, 2.45) is 11.8 Å². The molecule has 2 atom stereocenters. The largest absolute Gasteiger partial charge is 0.463 e. The van der Waals surface area contributed by atoms with Crippen molar-refractivity contribution in [2.45, 2.75) is 40.0 Å². The van der Waals surface area contributed by atoms with Gasteiger partial charge in [-0.15, -0.1) is 0 Å². The van der Waals surface area contributed by atoms with Gasteiger partial charge in [-0.05, 0) is 32.1 Å². The molecule has 0 N–H and O–H groups in total. The lowest BCUT2D eigenvalue weighted by molar-refractivity contribution is -0.138. The summed E-state index contributed by atoms with van der Waals surface area (Å²) in [5.41, 5.74) is 0.769. The molecule has 0 aromatic heterocycles. The molecule has 0 aromatic rings. The third kappa shape index (κ3) is 2.86. The Morgan fingerprint density at radius 1 is 1.50 bits per heavy atom. The molecule has 2 heteroatoms. The van der Waals surface area contributed by atoms with Crippen molar-refractivity contribution in [3.05, 3.63) is 11.6 Å². The zero-order valence-corrected chi connectivity index (χ0v) is 9.38. The number of hydrogen-bond donors (Lipinski definition) is 0. The highest BCUT2D eigenvalue weighted by Crippen LogP contribution is 2.32. The number of carbonyl (C=O) groups is 1. The monoisotopic (exact) mass is 196 g/mol. The van der Waals surface area contributed by atoms with Crippen molar-refractivity contribution in [3.8, 4) is 0 Å². The zero-order valence-electron chi connectivity index (χ0n) is 9.38. The minimum Gasteiger partial charge on any atom is -0.463 e. The first-order chi connectivity index (χ1) is 6.65. The van der Waals surface area contributed by atoms with Gasteiger partial charge in [0.2, 0.25) is 0 Å². The maximum absolute atomic E-state index is 11.3. The number of ether oxygens (including phenoxy) is 1. The van der Waals surface area contributed by atoms with E-state index in [2.05, 4.69) is 13.0 Å². The van der Waals surface area contributed by atoms with Gasteiger partial charge in [0.15, 0.2) is 0 Å².